The summed E-state index contributed by atoms with van der Waals surface area (Å²) in [5.74, 6) is 0. The summed E-state index contributed by atoms with van der Waals surface area (Å²) < 4.78 is 0. The Balaban J connectivity index is 2.23. The highest BCUT2D eigenvalue weighted by Gasteiger charge is 2.13. The van der Waals surface area contributed by atoms with Crippen LogP contribution in [-0.4, -0.2) is 6.54 Å². The van der Waals surface area contributed by atoms with E-state index in [2.05, 4.69) is 62.7 Å². The molecule has 1 nitrogen and oxygen atoms in total. The van der Waals surface area contributed by atoms with E-state index in [4.69, 9.17) is 0 Å². The molecule has 0 aliphatic rings. The maximum Gasteiger partial charge on any atom is 0.0369 e. The molecule has 1 aromatic carbocycles. The molecule has 1 heterocycles. The van der Waals surface area contributed by atoms with Crippen LogP contribution in [0.5, 0.6) is 0 Å². The van der Waals surface area contributed by atoms with Crippen molar-refractivity contribution in [2.75, 3.05) is 6.54 Å². The Morgan fingerprint density at radius 1 is 1.16 bits per heavy atom. The zero-order valence-corrected chi connectivity index (χ0v) is 13.1. The fourth-order valence-electron chi connectivity index (χ4n) is 2.44. The summed E-state index contributed by atoms with van der Waals surface area (Å²) in [4.78, 5) is 1.39. The van der Waals surface area contributed by atoms with Gasteiger partial charge >= 0.3 is 0 Å². The van der Waals surface area contributed by atoms with Crippen LogP contribution < -0.4 is 5.32 Å². The summed E-state index contributed by atoms with van der Waals surface area (Å²) in [6, 6.07) is 9.47. The van der Waals surface area contributed by atoms with Gasteiger partial charge < -0.3 is 5.32 Å². The highest BCUT2D eigenvalue weighted by atomic mass is 32.1. The Bertz CT molecular complexity index is 542. The number of nitrogens with one attached hydrogen (secondary N) is 1. The van der Waals surface area contributed by atoms with E-state index in [0.29, 0.717) is 6.04 Å². The van der Waals surface area contributed by atoms with Crippen LogP contribution in [0.3, 0.4) is 0 Å². The molecule has 1 N–H and O–H groups in total. The normalized spacial score (nSPS) is 12.6. The smallest absolute Gasteiger partial charge is 0.0369 e. The van der Waals surface area contributed by atoms with Gasteiger partial charge in [-0.05, 0) is 61.9 Å². The molecule has 0 fully saturated rings. The van der Waals surface area contributed by atoms with Crippen LogP contribution in [0.25, 0.3) is 0 Å². The molecule has 2 rings (SSSR count). The van der Waals surface area contributed by atoms with Crippen molar-refractivity contribution in [3.63, 3.8) is 0 Å². The molecule has 0 radical (unpaired) electrons. The van der Waals surface area contributed by atoms with Crippen LogP contribution in [0.1, 0.15) is 40.1 Å². The van der Waals surface area contributed by atoms with Crippen LogP contribution in [0.4, 0.5) is 0 Å². The zero-order valence-electron chi connectivity index (χ0n) is 12.3. The van der Waals surface area contributed by atoms with Gasteiger partial charge in [-0.15, -0.1) is 11.3 Å². The quantitative estimate of drug-likeness (QED) is 0.841. The molecule has 0 amide bonds. The second-order valence-corrected chi connectivity index (χ2v) is 6.35. The lowest BCUT2D eigenvalue weighted by Gasteiger charge is -2.18. The minimum absolute atomic E-state index is 0.426. The number of hydrogen-bond acceptors (Lipinski definition) is 2. The van der Waals surface area contributed by atoms with Gasteiger partial charge in [-0.3, -0.25) is 0 Å². The first-order valence-corrected chi connectivity index (χ1v) is 7.82. The molecule has 1 aromatic heterocycles. The van der Waals surface area contributed by atoms with Gasteiger partial charge in [0.25, 0.3) is 0 Å². The second-order valence-electron chi connectivity index (χ2n) is 5.24. The zero-order chi connectivity index (χ0) is 13.8. The topological polar surface area (TPSA) is 12.0 Å². The molecule has 0 aliphatic heterocycles. The number of rotatable bonds is 5. The van der Waals surface area contributed by atoms with Crippen LogP contribution in [0.2, 0.25) is 0 Å². The van der Waals surface area contributed by atoms with Gasteiger partial charge in [0.05, 0.1) is 0 Å². The predicted octanol–water partition coefficient (Wildman–Crippen LogP) is 4.57. The Morgan fingerprint density at radius 3 is 2.58 bits per heavy atom. The number of benzene rings is 1. The summed E-state index contributed by atoms with van der Waals surface area (Å²) in [7, 11) is 0. The first-order chi connectivity index (χ1) is 9.10. The van der Waals surface area contributed by atoms with E-state index in [9.17, 15) is 0 Å². The van der Waals surface area contributed by atoms with Gasteiger partial charge in [-0.25, -0.2) is 0 Å². The van der Waals surface area contributed by atoms with Crippen molar-refractivity contribution < 1.29 is 0 Å². The average Bonchev–Trinajstić information content (AvgIpc) is 2.80. The summed E-state index contributed by atoms with van der Waals surface area (Å²) in [5, 5.41) is 5.90. The van der Waals surface area contributed by atoms with E-state index in [1.807, 2.05) is 11.3 Å². The Morgan fingerprint density at radius 2 is 1.95 bits per heavy atom. The third kappa shape index (κ3) is 3.68. The van der Waals surface area contributed by atoms with Crippen LogP contribution in [0, 0.1) is 20.8 Å². The van der Waals surface area contributed by atoms with Crippen LogP contribution in [0.15, 0.2) is 29.6 Å². The maximum absolute atomic E-state index is 3.61. The first-order valence-electron chi connectivity index (χ1n) is 6.94. The molecule has 19 heavy (non-hydrogen) atoms. The van der Waals surface area contributed by atoms with Gasteiger partial charge in [0.2, 0.25) is 0 Å². The molecular weight excluding hydrogens is 250 g/mol. The lowest BCUT2D eigenvalue weighted by Crippen LogP contribution is -2.22. The minimum atomic E-state index is 0.426. The minimum Gasteiger partial charge on any atom is -0.310 e. The van der Waals surface area contributed by atoms with E-state index in [1.54, 1.807) is 0 Å². The largest absolute Gasteiger partial charge is 0.310 e. The number of thiophene rings is 1. The molecule has 0 bridgehead atoms. The van der Waals surface area contributed by atoms with Crippen molar-refractivity contribution in [3.8, 4) is 0 Å². The lowest BCUT2D eigenvalue weighted by atomic mass is 9.96. The van der Waals surface area contributed by atoms with Gasteiger partial charge in [-0.1, -0.05) is 30.7 Å². The lowest BCUT2D eigenvalue weighted by molar-refractivity contribution is 0.550. The monoisotopic (exact) mass is 273 g/mol. The van der Waals surface area contributed by atoms with Crippen molar-refractivity contribution in [3.05, 3.63) is 56.8 Å². The summed E-state index contributed by atoms with van der Waals surface area (Å²) >= 11 is 1.84. The highest BCUT2D eigenvalue weighted by Crippen LogP contribution is 2.25. The van der Waals surface area contributed by atoms with E-state index < -0.39 is 0 Å². The Labute approximate surface area is 120 Å². The molecule has 1 atom stereocenters. The van der Waals surface area contributed by atoms with Crippen LogP contribution in [-0.2, 0) is 6.42 Å². The number of hydrogen-bond donors (Lipinski definition) is 1. The molecule has 2 aromatic rings. The third-order valence-corrected chi connectivity index (χ3v) is 4.41. The Kier molecular flexibility index (Phi) is 4.78. The highest BCUT2D eigenvalue weighted by molar-refractivity contribution is 7.10. The van der Waals surface area contributed by atoms with Crippen molar-refractivity contribution >= 4 is 11.3 Å². The van der Waals surface area contributed by atoms with Crippen molar-refractivity contribution in [1.82, 2.24) is 5.32 Å². The maximum atomic E-state index is 3.61. The van der Waals surface area contributed by atoms with Gasteiger partial charge in [0.15, 0.2) is 0 Å². The Hall–Kier alpha value is -1.12. The molecule has 0 aliphatic carbocycles. The van der Waals surface area contributed by atoms with Crippen molar-refractivity contribution in [2.45, 2.75) is 40.2 Å². The van der Waals surface area contributed by atoms with Gasteiger partial charge in [0, 0.05) is 10.9 Å². The molecule has 102 valence electrons. The molecule has 1 unspecified atom stereocenters. The fraction of sp³-hybridized carbons (Fsp3) is 0.412. The second kappa shape index (κ2) is 6.36. The fourth-order valence-corrected chi connectivity index (χ4v) is 3.20. The number of likely N-dealkylation sites (N-methyl/N-ethyl adjacent to an activating group) is 1. The van der Waals surface area contributed by atoms with E-state index in [0.717, 1.165) is 13.0 Å². The predicted molar refractivity (Wildman–Crippen MR) is 85.1 cm³/mol. The summed E-state index contributed by atoms with van der Waals surface area (Å²) in [5.41, 5.74) is 5.61. The van der Waals surface area contributed by atoms with E-state index >= 15 is 0 Å². The standard InChI is InChI=1S/C17H23NS/c1-5-18-17(16-9-14(4)19-11-16)10-15-8-12(2)6-7-13(15)3/h6-9,11,17-18H,5,10H2,1-4H3. The molecule has 2 heteroatoms. The SMILES string of the molecule is CCNC(Cc1cc(C)ccc1C)c1csc(C)c1. The van der Waals surface area contributed by atoms with Gasteiger partial charge in [-0.2, -0.15) is 0 Å². The first kappa shape index (κ1) is 14.3. The van der Waals surface area contributed by atoms with E-state index in [1.165, 1.54) is 27.1 Å². The van der Waals surface area contributed by atoms with Gasteiger partial charge in [0.1, 0.15) is 0 Å². The molecular formula is C17H23NS. The van der Waals surface area contributed by atoms with Crippen molar-refractivity contribution in [2.24, 2.45) is 0 Å². The van der Waals surface area contributed by atoms with Crippen molar-refractivity contribution in [1.29, 1.82) is 0 Å². The third-order valence-electron chi connectivity index (χ3n) is 3.53. The van der Waals surface area contributed by atoms with Crippen LogP contribution >= 0.6 is 11.3 Å². The summed E-state index contributed by atoms with van der Waals surface area (Å²) in [6.45, 7) is 9.73. The van der Waals surface area contributed by atoms with E-state index in [-0.39, 0.29) is 0 Å². The average molecular weight is 273 g/mol. The molecule has 0 saturated heterocycles. The number of aryl methyl sites for hydroxylation is 3. The molecule has 0 saturated carbocycles. The molecule has 0 spiro atoms. The summed E-state index contributed by atoms with van der Waals surface area (Å²) in [6.07, 6.45) is 1.07.